The lowest BCUT2D eigenvalue weighted by Gasteiger charge is -2.23. The largest absolute Gasteiger partial charge is 0.416 e. The average Bonchev–Trinajstić information content (AvgIpc) is 2.52. The summed E-state index contributed by atoms with van der Waals surface area (Å²) in [4.78, 5) is 12.3. The van der Waals surface area contributed by atoms with Crippen molar-refractivity contribution in [1.82, 2.24) is 5.32 Å². The van der Waals surface area contributed by atoms with Gasteiger partial charge in [0, 0.05) is 0 Å². The molecule has 0 radical (unpaired) electrons. The second-order valence-electron chi connectivity index (χ2n) is 6.07. The standard InChI is InChI=1S/C19H20F3NO/c1-13(2)18(15-8-4-3-5-9-15)23-17(24)12-14-7-6-10-16(11-14)19(20,21)22/h3-11,13,18H,12H2,1-2H3,(H,23,24)/t18-/m0/s1. The van der Waals surface area contributed by atoms with Crippen molar-refractivity contribution in [3.63, 3.8) is 0 Å². The van der Waals surface area contributed by atoms with Gasteiger partial charge in [-0.25, -0.2) is 0 Å². The molecule has 1 amide bonds. The van der Waals surface area contributed by atoms with Gasteiger partial charge in [0.15, 0.2) is 0 Å². The summed E-state index contributed by atoms with van der Waals surface area (Å²) in [5, 5.41) is 2.92. The quantitative estimate of drug-likeness (QED) is 0.838. The van der Waals surface area contributed by atoms with E-state index in [1.165, 1.54) is 12.1 Å². The van der Waals surface area contributed by atoms with Gasteiger partial charge in [-0.1, -0.05) is 62.4 Å². The molecule has 0 aromatic heterocycles. The maximum absolute atomic E-state index is 12.7. The van der Waals surface area contributed by atoms with Crippen molar-refractivity contribution < 1.29 is 18.0 Å². The minimum Gasteiger partial charge on any atom is -0.349 e. The number of rotatable bonds is 5. The predicted octanol–water partition coefficient (Wildman–Crippen LogP) is 4.76. The van der Waals surface area contributed by atoms with E-state index in [2.05, 4.69) is 5.32 Å². The van der Waals surface area contributed by atoms with Gasteiger partial charge in [0.25, 0.3) is 0 Å². The summed E-state index contributed by atoms with van der Waals surface area (Å²) in [6.07, 6.45) is -4.49. The highest BCUT2D eigenvalue weighted by Crippen LogP contribution is 2.29. The zero-order chi connectivity index (χ0) is 17.7. The lowest BCUT2D eigenvalue weighted by atomic mass is 9.95. The third kappa shape index (κ3) is 4.85. The Bertz CT molecular complexity index is 681. The highest BCUT2D eigenvalue weighted by atomic mass is 19.4. The van der Waals surface area contributed by atoms with Gasteiger partial charge in [0.2, 0.25) is 5.91 Å². The minimum absolute atomic E-state index is 0.0834. The molecule has 0 heterocycles. The van der Waals surface area contributed by atoms with Crippen LogP contribution in [0.3, 0.4) is 0 Å². The molecule has 2 rings (SSSR count). The molecule has 0 aliphatic rings. The molecule has 2 nitrogen and oxygen atoms in total. The number of benzene rings is 2. The molecule has 1 atom stereocenters. The van der Waals surface area contributed by atoms with E-state index < -0.39 is 11.7 Å². The molecular weight excluding hydrogens is 315 g/mol. The summed E-state index contributed by atoms with van der Waals surface area (Å²) < 4.78 is 38.2. The van der Waals surface area contributed by atoms with Crippen LogP contribution in [-0.2, 0) is 17.4 Å². The summed E-state index contributed by atoms with van der Waals surface area (Å²) in [6.45, 7) is 3.98. The first-order chi connectivity index (χ1) is 11.3. The van der Waals surface area contributed by atoms with Crippen molar-refractivity contribution in [3.8, 4) is 0 Å². The molecule has 0 aliphatic carbocycles. The number of nitrogens with one attached hydrogen (secondary N) is 1. The first kappa shape index (κ1) is 18.0. The van der Waals surface area contributed by atoms with Gasteiger partial charge in [0.05, 0.1) is 18.0 Å². The summed E-state index contributed by atoms with van der Waals surface area (Å²) >= 11 is 0. The summed E-state index contributed by atoms with van der Waals surface area (Å²) in [5.74, 6) is -0.130. The van der Waals surface area contributed by atoms with Gasteiger partial charge in [-0.15, -0.1) is 0 Å². The van der Waals surface area contributed by atoms with Gasteiger partial charge >= 0.3 is 6.18 Å². The highest BCUT2D eigenvalue weighted by Gasteiger charge is 2.30. The zero-order valence-electron chi connectivity index (χ0n) is 13.6. The van der Waals surface area contributed by atoms with Crippen molar-refractivity contribution in [1.29, 1.82) is 0 Å². The van der Waals surface area contributed by atoms with E-state index in [9.17, 15) is 18.0 Å². The SMILES string of the molecule is CC(C)[C@H](NC(=O)Cc1cccc(C(F)(F)F)c1)c1ccccc1. The van der Waals surface area contributed by atoms with Crippen LogP contribution < -0.4 is 5.32 Å². The molecule has 5 heteroatoms. The Morgan fingerprint density at radius 1 is 1.04 bits per heavy atom. The first-order valence-electron chi connectivity index (χ1n) is 7.78. The van der Waals surface area contributed by atoms with Gasteiger partial charge < -0.3 is 5.32 Å². The number of hydrogen-bond donors (Lipinski definition) is 1. The number of amides is 1. The van der Waals surface area contributed by atoms with E-state index in [-0.39, 0.29) is 24.3 Å². The smallest absolute Gasteiger partial charge is 0.349 e. The Kier molecular flexibility index (Phi) is 5.65. The van der Waals surface area contributed by atoms with Crippen LogP contribution in [-0.4, -0.2) is 5.91 Å². The molecule has 0 unspecified atom stereocenters. The third-order valence-corrected chi connectivity index (χ3v) is 3.76. The van der Waals surface area contributed by atoms with Crippen LogP contribution in [0.15, 0.2) is 54.6 Å². The van der Waals surface area contributed by atoms with Crippen molar-refractivity contribution in [2.24, 2.45) is 5.92 Å². The van der Waals surface area contributed by atoms with Gasteiger partial charge in [-0.3, -0.25) is 4.79 Å². The second-order valence-corrected chi connectivity index (χ2v) is 6.07. The lowest BCUT2D eigenvalue weighted by Crippen LogP contribution is -2.32. The normalized spacial score (nSPS) is 12.9. The van der Waals surface area contributed by atoms with Crippen LogP contribution in [0.2, 0.25) is 0 Å². The number of halogens is 3. The Balaban J connectivity index is 2.09. The van der Waals surface area contributed by atoms with Gasteiger partial charge in [0.1, 0.15) is 0 Å². The fraction of sp³-hybridized carbons (Fsp3) is 0.316. The highest BCUT2D eigenvalue weighted by molar-refractivity contribution is 5.79. The van der Waals surface area contributed by atoms with Crippen LogP contribution >= 0.6 is 0 Å². The van der Waals surface area contributed by atoms with Gasteiger partial charge in [-0.2, -0.15) is 13.2 Å². The third-order valence-electron chi connectivity index (χ3n) is 3.76. The van der Waals surface area contributed by atoms with Crippen LogP contribution in [0.4, 0.5) is 13.2 Å². The maximum atomic E-state index is 12.7. The van der Waals surface area contributed by atoms with Crippen LogP contribution in [0.5, 0.6) is 0 Å². The molecule has 0 fully saturated rings. The zero-order valence-corrected chi connectivity index (χ0v) is 13.6. The molecular formula is C19H20F3NO. The average molecular weight is 335 g/mol. The number of hydrogen-bond acceptors (Lipinski definition) is 1. The van der Waals surface area contributed by atoms with Crippen molar-refractivity contribution >= 4 is 5.91 Å². The van der Waals surface area contributed by atoms with Crippen LogP contribution in [0.25, 0.3) is 0 Å². The molecule has 0 saturated carbocycles. The monoisotopic (exact) mass is 335 g/mol. The minimum atomic E-state index is -4.41. The molecule has 0 aliphatic heterocycles. The molecule has 24 heavy (non-hydrogen) atoms. The topological polar surface area (TPSA) is 29.1 Å². The van der Waals surface area contributed by atoms with E-state index in [1.807, 2.05) is 44.2 Å². The Hall–Kier alpha value is -2.30. The van der Waals surface area contributed by atoms with E-state index in [0.29, 0.717) is 5.56 Å². The number of carbonyl (C=O) groups excluding carboxylic acids is 1. The Morgan fingerprint density at radius 3 is 2.29 bits per heavy atom. The molecule has 2 aromatic carbocycles. The van der Waals surface area contributed by atoms with Crippen LogP contribution in [0, 0.1) is 5.92 Å². The van der Waals surface area contributed by atoms with E-state index >= 15 is 0 Å². The second kappa shape index (κ2) is 7.51. The maximum Gasteiger partial charge on any atom is 0.416 e. The number of carbonyl (C=O) groups is 1. The van der Waals surface area contributed by atoms with Crippen LogP contribution in [0.1, 0.15) is 36.6 Å². The Morgan fingerprint density at radius 2 is 1.71 bits per heavy atom. The fourth-order valence-corrected chi connectivity index (χ4v) is 2.56. The molecule has 2 aromatic rings. The fourth-order valence-electron chi connectivity index (χ4n) is 2.56. The molecule has 0 spiro atoms. The lowest BCUT2D eigenvalue weighted by molar-refractivity contribution is -0.137. The summed E-state index contributed by atoms with van der Waals surface area (Å²) in [7, 11) is 0. The Labute approximate surface area is 139 Å². The molecule has 1 N–H and O–H groups in total. The van der Waals surface area contributed by atoms with E-state index in [4.69, 9.17) is 0 Å². The van der Waals surface area contributed by atoms with Crippen molar-refractivity contribution in [2.45, 2.75) is 32.5 Å². The summed E-state index contributed by atoms with van der Waals surface area (Å²) in [6, 6.07) is 14.2. The first-order valence-corrected chi connectivity index (χ1v) is 7.78. The van der Waals surface area contributed by atoms with E-state index in [0.717, 1.165) is 17.7 Å². The molecule has 0 bridgehead atoms. The summed E-state index contributed by atoms with van der Waals surface area (Å²) in [5.41, 5.74) is 0.582. The van der Waals surface area contributed by atoms with Gasteiger partial charge in [-0.05, 0) is 23.1 Å². The number of alkyl halides is 3. The van der Waals surface area contributed by atoms with Crippen molar-refractivity contribution in [3.05, 3.63) is 71.3 Å². The molecule has 0 saturated heterocycles. The predicted molar refractivity (Wildman–Crippen MR) is 87.3 cm³/mol. The van der Waals surface area contributed by atoms with E-state index in [1.54, 1.807) is 0 Å². The van der Waals surface area contributed by atoms with Crippen molar-refractivity contribution in [2.75, 3.05) is 0 Å². The molecule has 128 valence electrons.